The maximum atomic E-state index is 6.35. The van der Waals surface area contributed by atoms with Crippen LogP contribution in [-0.4, -0.2) is 6.54 Å². The highest BCUT2D eigenvalue weighted by Gasteiger charge is 2.15. The SMILES string of the molecule is CCCNC(Cc1ccoc1)c1ccc(Br)cc1Cl. The summed E-state index contributed by atoms with van der Waals surface area (Å²) in [6, 6.07) is 8.23. The molecule has 4 heteroatoms. The van der Waals surface area contributed by atoms with Crippen molar-refractivity contribution in [3.8, 4) is 0 Å². The van der Waals surface area contributed by atoms with Crippen LogP contribution in [0.2, 0.25) is 5.02 Å². The van der Waals surface area contributed by atoms with Crippen LogP contribution in [0.4, 0.5) is 0 Å². The van der Waals surface area contributed by atoms with E-state index < -0.39 is 0 Å². The highest BCUT2D eigenvalue weighted by Crippen LogP contribution is 2.28. The lowest BCUT2D eigenvalue weighted by atomic mass is 10.0. The number of hydrogen-bond donors (Lipinski definition) is 1. The van der Waals surface area contributed by atoms with Crippen LogP contribution < -0.4 is 5.32 Å². The van der Waals surface area contributed by atoms with Gasteiger partial charge in [0.05, 0.1) is 12.5 Å². The fourth-order valence-electron chi connectivity index (χ4n) is 2.04. The summed E-state index contributed by atoms with van der Waals surface area (Å²) in [5.41, 5.74) is 2.30. The first kappa shape index (κ1) is 14.6. The summed E-state index contributed by atoms with van der Waals surface area (Å²) < 4.78 is 6.14. The third-order valence-electron chi connectivity index (χ3n) is 3.00. The van der Waals surface area contributed by atoms with E-state index in [-0.39, 0.29) is 6.04 Å². The van der Waals surface area contributed by atoms with Gasteiger partial charge in [0.2, 0.25) is 0 Å². The van der Waals surface area contributed by atoms with Crippen LogP contribution in [-0.2, 0) is 6.42 Å². The first-order chi connectivity index (χ1) is 9.20. The highest BCUT2D eigenvalue weighted by atomic mass is 79.9. The molecule has 2 nitrogen and oxygen atoms in total. The maximum Gasteiger partial charge on any atom is 0.0935 e. The standard InChI is InChI=1S/C15H17BrClNO/c1-2-6-18-15(8-11-5-7-19-10-11)13-4-3-12(16)9-14(13)17/h3-5,7,9-10,15,18H,2,6,8H2,1H3. The maximum absolute atomic E-state index is 6.35. The molecule has 0 spiro atoms. The van der Waals surface area contributed by atoms with Gasteiger partial charge in [0, 0.05) is 15.5 Å². The summed E-state index contributed by atoms with van der Waals surface area (Å²) in [7, 11) is 0. The number of furan rings is 1. The van der Waals surface area contributed by atoms with E-state index in [0.717, 1.165) is 34.4 Å². The molecule has 0 aliphatic heterocycles. The average molecular weight is 343 g/mol. The number of benzene rings is 1. The molecule has 1 unspecified atom stereocenters. The summed E-state index contributed by atoms with van der Waals surface area (Å²) in [6.45, 7) is 3.13. The van der Waals surface area contributed by atoms with Crippen molar-refractivity contribution < 1.29 is 4.42 Å². The van der Waals surface area contributed by atoms with Crippen molar-refractivity contribution in [1.29, 1.82) is 0 Å². The Balaban J connectivity index is 2.20. The van der Waals surface area contributed by atoms with E-state index in [1.807, 2.05) is 18.2 Å². The van der Waals surface area contributed by atoms with Crippen LogP contribution in [0, 0.1) is 0 Å². The monoisotopic (exact) mass is 341 g/mol. The zero-order chi connectivity index (χ0) is 13.7. The summed E-state index contributed by atoms with van der Waals surface area (Å²) in [5.74, 6) is 0. The lowest BCUT2D eigenvalue weighted by Gasteiger charge is -2.19. The van der Waals surface area contributed by atoms with Gasteiger partial charge < -0.3 is 9.73 Å². The van der Waals surface area contributed by atoms with Crippen molar-refractivity contribution in [2.45, 2.75) is 25.8 Å². The molecule has 2 rings (SSSR count). The van der Waals surface area contributed by atoms with E-state index in [1.165, 1.54) is 5.56 Å². The molecule has 0 aliphatic carbocycles. The predicted octanol–water partition coefficient (Wildman–Crippen LogP) is 4.98. The molecule has 0 bridgehead atoms. The van der Waals surface area contributed by atoms with Gasteiger partial charge in [-0.1, -0.05) is 40.5 Å². The molecule has 1 heterocycles. The molecule has 0 aliphatic rings. The van der Waals surface area contributed by atoms with Gasteiger partial charge in [-0.25, -0.2) is 0 Å². The van der Waals surface area contributed by atoms with E-state index >= 15 is 0 Å². The Labute approximate surface area is 127 Å². The Kier molecular flexibility index (Phi) is 5.49. The van der Waals surface area contributed by atoms with E-state index in [1.54, 1.807) is 12.5 Å². The quantitative estimate of drug-likeness (QED) is 0.801. The Morgan fingerprint density at radius 2 is 2.21 bits per heavy atom. The molecule has 0 saturated carbocycles. The van der Waals surface area contributed by atoms with Crippen LogP contribution in [0.3, 0.4) is 0 Å². The van der Waals surface area contributed by atoms with Gasteiger partial charge in [0.1, 0.15) is 0 Å². The molecular formula is C15H17BrClNO. The smallest absolute Gasteiger partial charge is 0.0935 e. The van der Waals surface area contributed by atoms with Crippen molar-refractivity contribution >= 4 is 27.5 Å². The first-order valence-corrected chi connectivity index (χ1v) is 7.57. The highest BCUT2D eigenvalue weighted by molar-refractivity contribution is 9.10. The molecule has 1 N–H and O–H groups in total. The van der Waals surface area contributed by atoms with Gasteiger partial charge in [-0.15, -0.1) is 0 Å². The summed E-state index contributed by atoms with van der Waals surface area (Å²) >= 11 is 9.79. The van der Waals surface area contributed by atoms with Gasteiger partial charge in [0.15, 0.2) is 0 Å². The van der Waals surface area contributed by atoms with Gasteiger partial charge in [-0.3, -0.25) is 0 Å². The minimum atomic E-state index is 0.207. The Hall–Kier alpha value is -0.770. The molecule has 1 atom stereocenters. The molecule has 19 heavy (non-hydrogen) atoms. The average Bonchev–Trinajstić information content (AvgIpc) is 2.88. The van der Waals surface area contributed by atoms with Crippen LogP contribution in [0.1, 0.15) is 30.5 Å². The van der Waals surface area contributed by atoms with Crippen molar-refractivity contribution in [1.82, 2.24) is 5.32 Å². The van der Waals surface area contributed by atoms with Crippen molar-refractivity contribution in [2.75, 3.05) is 6.54 Å². The summed E-state index contributed by atoms with van der Waals surface area (Å²) in [6.07, 6.45) is 5.46. The fourth-order valence-corrected chi connectivity index (χ4v) is 2.84. The normalized spacial score (nSPS) is 12.6. The van der Waals surface area contributed by atoms with Crippen LogP contribution in [0.15, 0.2) is 45.7 Å². The van der Waals surface area contributed by atoms with E-state index in [0.29, 0.717) is 0 Å². The first-order valence-electron chi connectivity index (χ1n) is 6.40. The molecule has 0 fully saturated rings. The van der Waals surface area contributed by atoms with Crippen molar-refractivity contribution in [3.63, 3.8) is 0 Å². The fraction of sp³-hybridized carbons (Fsp3) is 0.333. The van der Waals surface area contributed by atoms with Crippen LogP contribution in [0.25, 0.3) is 0 Å². The minimum absolute atomic E-state index is 0.207. The van der Waals surface area contributed by atoms with Gasteiger partial charge in [0.25, 0.3) is 0 Å². The Morgan fingerprint density at radius 3 is 2.84 bits per heavy atom. The molecule has 1 aromatic carbocycles. The predicted molar refractivity (Wildman–Crippen MR) is 82.6 cm³/mol. The van der Waals surface area contributed by atoms with Gasteiger partial charge in [-0.05, 0) is 48.7 Å². The number of nitrogens with one attached hydrogen (secondary N) is 1. The zero-order valence-electron chi connectivity index (χ0n) is 10.8. The number of hydrogen-bond acceptors (Lipinski definition) is 2. The molecule has 102 valence electrons. The van der Waals surface area contributed by atoms with E-state index in [4.69, 9.17) is 16.0 Å². The largest absolute Gasteiger partial charge is 0.472 e. The zero-order valence-corrected chi connectivity index (χ0v) is 13.2. The number of halogens is 2. The van der Waals surface area contributed by atoms with Crippen LogP contribution >= 0.6 is 27.5 Å². The van der Waals surface area contributed by atoms with E-state index in [9.17, 15) is 0 Å². The molecular weight excluding hydrogens is 326 g/mol. The van der Waals surface area contributed by atoms with Gasteiger partial charge in [-0.2, -0.15) is 0 Å². The molecule has 2 aromatic rings. The summed E-state index contributed by atoms with van der Waals surface area (Å²) in [4.78, 5) is 0. The second-order valence-corrected chi connectivity index (χ2v) is 5.83. The van der Waals surface area contributed by atoms with Gasteiger partial charge >= 0.3 is 0 Å². The molecule has 0 amide bonds. The van der Waals surface area contributed by atoms with Crippen LogP contribution in [0.5, 0.6) is 0 Å². The molecule has 0 radical (unpaired) electrons. The third kappa shape index (κ3) is 4.10. The Morgan fingerprint density at radius 1 is 1.37 bits per heavy atom. The second-order valence-electron chi connectivity index (χ2n) is 4.51. The second kappa shape index (κ2) is 7.13. The topological polar surface area (TPSA) is 25.2 Å². The summed E-state index contributed by atoms with van der Waals surface area (Å²) in [5, 5.41) is 4.33. The molecule has 1 aromatic heterocycles. The lowest BCUT2D eigenvalue weighted by molar-refractivity contribution is 0.520. The molecule has 0 saturated heterocycles. The third-order valence-corrected chi connectivity index (χ3v) is 3.82. The lowest BCUT2D eigenvalue weighted by Crippen LogP contribution is -2.24. The van der Waals surface area contributed by atoms with Crippen molar-refractivity contribution in [2.24, 2.45) is 0 Å². The Bertz CT molecular complexity index is 513. The van der Waals surface area contributed by atoms with E-state index in [2.05, 4.69) is 34.2 Å². The van der Waals surface area contributed by atoms with Crippen molar-refractivity contribution in [3.05, 3.63) is 57.4 Å². The number of rotatable bonds is 6. The minimum Gasteiger partial charge on any atom is -0.472 e.